The number of hydrazine groups is 1. The molecule has 0 aromatic heterocycles. The Morgan fingerprint density at radius 1 is 1.46 bits per heavy atom. The third-order valence-electron chi connectivity index (χ3n) is 1.23. The molecule has 0 saturated carbocycles. The van der Waals surface area contributed by atoms with Crippen LogP contribution in [-0.2, 0) is 14.6 Å². The van der Waals surface area contributed by atoms with Crippen molar-refractivity contribution in [2.75, 3.05) is 23.5 Å². The molecule has 0 fully saturated rings. The number of nitrogens with one attached hydrogen (secondary N) is 1. The molecule has 0 unspecified atom stereocenters. The Balaban J connectivity index is 3.33. The molecule has 0 aliphatic heterocycles. The predicted molar refractivity (Wildman–Crippen MR) is 54.0 cm³/mol. The maximum Gasteiger partial charge on any atom is 0.234 e. The van der Waals surface area contributed by atoms with Crippen LogP contribution in [0.1, 0.15) is 6.42 Å². The molecule has 0 aromatic carbocycles. The third-order valence-corrected chi connectivity index (χ3v) is 3.42. The summed E-state index contributed by atoms with van der Waals surface area (Å²) in [6.45, 7) is 0. The van der Waals surface area contributed by atoms with Gasteiger partial charge in [-0.25, -0.2) is 14.3 Å². The van der Waals surface area contributed by atoms with Gasteiger partial charge in [-0.3, -0.25) is 10.2 Å². The van der Waals surface area contributed by atoms with Gasteiger partial charge in [0.25, 0.3) is 0 Å². The van der Waals surface area contributed by atoms with Crippen LogP contribution in [-0.4, -0.2) is 37.8 Å². The van der Waals surface area contributed by atoms with Crippen LogP contribution in [0, 0.1) is 0 Å². The molecule has 0 rings (SSSR count). The molecule has 0 atom stereocenters. The van der Waals surface area contributed by atoms with Crippen LogP contribution in [0.2, 0.25) is 0 Å². The van der Waals surface area contributed by atoms with Crippen molar-refractivity contribution >= 4 is 27.5 Å². The van der Waals surface area contributed by atoms with Gasteiger partial charge in [0.15, 0.2) is 0 Å². The quantitative estimate of drug-likeness (QED) is 0.266. The number of rotatable bonds is 6. The summed E-state index contributed by atoms with van der Waals surface area (Å²) in [5.74, 6) is 5.90. The van der Waals surface area contributed by atoms with Crippen LogP contribution in [0.25, 0.3) is 0 Å². The summed E-state index contributed by atoms with van der Waals surface area (Å²) >= 11 is 1.43. The zero-order valence-electron chi connectivity index (χ0n) is 7.45. The van der Waals surface area contributed by atoms with Gasteiger partial charge in [-0.15, -0.1) is 0 Å². The lowest BCUT2D eigenvalue weighted by Gasteiger charge is -1.99. The van der Waals surface area contributed by atoms with Crippen molar-refractivity contribution in [1.29, 1.82) is 0 Å². The highest BCUT2D eigenvalue weighted by atomic mass is 32.2. The standard InChI is InChI=1S/C6H14N2O3S2/c1-13(10,11)5-4-12-3-2-6(9)8-7/h2-5,7H2,1H3,(H,8,9). The first-order chi connectivity index (χ1) is 5.95. The highest BCUT2D eigenvalue weighted by molar-refractivity contribution is 8.00. The lowest BCUT2D eigenvalue weighted by Crippen LogP contribution is -2.30. The molecule has 78 valence electrons. The molecule has 7 heteroatoms. The molecule has 0 saturated heterocycles. The van der Waals surface area contributed by atoms with Crippen LogP contribution in [0.4, 0.5) is 0 Å². The normalized spacial score (nSPS) is 11.2. The van der Waals surface area contributed by atoms with Crippen molar-refractivity contribution in [2.45, 2.75) is 6.42 Å². The van der Waals surface area contributed by atoms with Crippen molar-refractivity contribution in [2.24, 2.45) is 5.84 Å². The van der Waals surface area contributed by atoms with E-state index in [1.165, 1.54) is 18.0 Å². The number of amides is 1. The number of hydrogen-bond acceptors (Lipinski definition) is 5. The van der Waals surface area contributed by atoms with E-state index in [2.05, 4.69) is 0 Å². The van der Waals surface area contributed by atoms with Gasteiger partial charge in [0.2, 0.25) is 5.91 Å². The van der Waals surface area contributed by atoms with Crippen molar-refractivity contribution in [3.63, 3.8) is 0 Å². The van der Waals surface area contributed by atoms with Crippen LogP contribution < -0.4 is 11.3 Å². The minimum Gasteiger partial charge on any atom is -0.294 e. The van der Waals surface area contributed by atoms with Gasteiger partial charge in [-0.05, 0) is 0 Å². The average molecular weight is 226 g/mol. The summed E-state index contributed by atoms with van der Waals surface area (Å²) in [6, 6.07) is 0. The van der Waals surface area contributed by atoms with Crippen molar-refractivity contribution in [3.05, 3.63) is 0 Å². The Morgan fingerprint density at radius 2 is 2.08 bits per heavy atom. The SMILES string of the molecule is CS(=O)(=O)CCSCCC(=O)NN. The predicted octanol–water partition coefficient (Wildman–Crippen LogP) is -0.856. The van der Waals surface area contributed by atoms with Crippen LogP contribution in [0.15, 0.2) is 0 Å². The molecule has 3 N–H and O–H groups in total. The van der Waals surface area contributed by atoms with E-state index >= 15 is 0 Å². The second kappa shape index (κ2) is 6.22. The fourth-order valence-corrected chi connectivity index (χ4v) is 2.77. The molecule has 0 aliphatic rings. The molecular formula is C6H14N2O3S2. The minimum absolute atomic E-state index is 0.155. The van der Waals surface area contributed by atoms with Gasteiger partial charge >= 0.3 is 0 Å². The van der Waals surface area contributed by atoms with Gasteiger partial charge in [0.1, 0.15) is 9.84 Å². The topological polar surface area (TPSA) is 89.3 Å². The van der Waals surface area contributed by atoms with E-state index in [0.717, 1.165) is 0 Å². The van der Waals surface area contributed by atoms with Crippen molar-refractivity contribution in [1.82, 2.24) is 5.43 Å². The smallest absolute Gasteiger partial charge is 0.234 e. The Morgan fingerprint density at radius 3 is 2.54 bits per heavy atom. The molecule has 1 amide bonds. The highest BCUT2D eigenvalue weighted by Gasteiger charge is 2.02. The molecule has 0 aliphatic carbocycles. The summed E-state index contributed by atoms with van der Waals surface area (Å²) in [7, 11) is -2.88. The maximum absolute atomic E-state index is 10.7. The maximum atomic E-state index is 10.7. The van der Waals surface area contributed by atoms with E-state index in [9.17, 15) is 13.2 Å². The first-order valence-electron chi connectivity index (χ1n) is 3.70. The lowest BCUT2D eigenvalue weighted by atomic mass is 10.5. The molecule has 0 spiro atoms. The summed E-state index contributed by atoms with van der Waals surface area (Å²) < 4.78 is 21.3. The van der Waals surface area contributed by atoms with E-state index in [4.69, 9.17) is 5.84 Å². The van der Waals surface area contributed by atoms with E-state index in [1.54, 1.807) is 0 Å². The Kier molecular flexibility index (Phi) is 6.10. The van der Waals surface area contributed by atoms with Crippen LogP contribution in [0.5, 0.6) is 0 Å². The first-order valence-corrected chi connectivity index (χ1v) is 6.92. The molecule has 0 heterocycles. The number of carbonyl (C=O) groups is 1. The molecule has 5 nitrogen and oxygen atoms in total. The molecule has 0 radical (unpaired) electrons. The third kappa shape index (κ3) is 9.65. The highest BCUT2D eigenvalue weighted by Crippen LogP contribution is 2.02. The fourth-order valence-electron chi connectivity index (χ4n) is 0.549. The Bertz CT molecular complexity index is 251. The van der Waals surface area contributed by atoms with Gasteiger partial charge in [0, 0.05) is 24.2 Å². The van der Waals surface area contributed by atoms with Crippen molar-refractivity contribution in [3.8, 4) is 0 Å². The second-order valence-electron chi connectivity index (χ2n) is 2.56. The molecular weight excluding hydrogens is 212 g/mol. The van der Waals surface area contributed by atoms with E-state index in [1.807, 2.05) is 5.43 Å². The molecule has 13 heavy (non-hydrogen) atoms. The number of hydrogen-bond donors (Lipinski definition) is 2. The first kappa shape index (κ1) is 12.7. The minimum atomic E-state index is -2.88. The monoisotopic (exact) mass is 226 g/mol. The van der Waals surface area contributed by atoms with Gasteiger partial charge in [0.05, 0.1) is 5.75 Å². The molecule has 0 aromatic rings. The van der Waals surface area contributed by atoms with Gasteiger partial charge < -0.3 is 0 Å². The van der Waals surface area contributed by atoms with Gasteiger partial charge in [-0.1, -0.05) is 0 Å². The summed E-state index contributed by atoms with van der Waals surface area (Å²) in [5.41, 5.74) is 2.00. The number of sulfone groups is 1. The Labute approximate surface area is 82.3 Å². The van der Waals surface area contributed by atoms with Crippen LogP contribution in [0.3, 0.4) is 0 Å². The fraction of sp³-hybridized carbons (Fsp3) is 0.833. The summed E-state index contributed by atoms with van der Waals surface area (Å²) in [4.78, 5) is 10.6. The van der Waals surface area contributed by atoms with Crippen LogP contribution >= 0.6 is 11.8 Å². The van der Waals surface area contributed by atoms with E-state index in [-0.39, 0.29) is 11.7 Å². The number of thioether (sulfide) groups is 1. The second-order valence-corrected chi connectivity index (χ2v) is 6.04. The summed E-state index contributed by atoms with van der Waals surface area (Å²) in [6.07, 6.45) is 1.52. The largest absolute Gasteiger partial charge is 0.294 e. The van der Waals surface area contributed by atoms with E-state index in [0.29, 0.717) is 17.9 Å². The number of carbonyl (C=O) groups excluding carboxylic acids is 1. The molecule has 0 bridgehead atoms. The summed E-state index contributed by atoms with van der Waals surface area (Å²) in [5, 5.41) is 0. The van der Waals surface area contributed by atoms with Gasteiger partial charge in [-0.2, -0.15) is 11.8 Å². The zero-order valence-corrected chi connectivity index (χ0v) is 9.08. The zero-order chi connectivity index (χ0) is 10.3. The number of nitrogens with two attached hydrogens (primary N) is 1. The average Bonchev–Trinajstić information content (AvgIpc) is 2.01. The Hall–Kier alpha value is -0.270. The van der Waals surface area contributed by atoms with Crippen molar-refractivity contribution < 1.29 is 13.2 Å². The lowest BCUT2D eigenvalue weighted by molar-refractivity contribution is -0.120. The van der Waals surface area contributed by atoms with E-state index < -0.39 is 9.84 Å².